The second-order valence-corrected chi connectivity index (χ2v) is 5.42. The third kappa shape index (κ3) is 3.65. The van der Waals surface area contributed by atoms with E-state index >= 15 is 0 Å². The van der Waals surface area contributed by atoms with Crippen LogP contribution in [-0.4, -0.2) is 47.7 Å². The average Bonchev–Trinajstić information content (AvgIpc) is 2.84. The largest absolute Gasteiger partial charge is 0.478 e. The standard InChI is InChI=1S/C13H15NO4S/c1-9-8-14(6-7-18-9)13(17)11-4-2-10(19-11)3-5-12(15)16/h2-5,9H,6-8H2,1H3,(H,15,16)/b5-3+. The van der Waals surface area contributed by atoms with Gasteiger partial charge in [-0.3, -0.25) is 4.79 Å². The fourth-order valence-electron chi connectivity index (χ4n) is 1.87. The molecule has 0 saturated carbocycles. The van der Waals surface area contributed by atoms with Crippen molar-refractivity contribution in [3.8, 4) is 0 Å². The molecule has 1 N–H and O–H groups in total. The zero-order valence-corrected chi connectivity index (χ0v) is 11.4. The summed E-state index contributed by atoms with van der Waals surface area (Å²) >= 11 is 1.30. The summed E-state index contributed by atoms with van der Waals surface area (Å²) < 4.78 is 5.40. The number of rotatable bonds is 3. The van der Waals surface area contributed by atoms with Crippen molar-refractivity contribution in [2.75, 3.05) is 19.7 Å². The van der Waals surface area contributed by atoms with Crippen LogP contribution in [0.25, 0.3) is 6.08 Å². The maximum atomic E-state index is 12.2. The molecule has 1 aromatic rings. The van der Waals surface area contributed by atoms with Crippen LogP contribution in [-0.2, 0) is 9.53 Å². The van der Waals surface area contributed by atoms with Gasteiger partial charge < -0.3 is 14.7 Å². The van der Waals surface area contributed by atoms with Crippen LogP contribution in [0.1, 0.15) is 21.5 Å². The summed E-state index contributed by atoms with van der Waals surface area (Å²) in [4.78, 5) is 25.8. The third-order valence-electron chi connectivity index (χ3n) is 2.76. The monoisotopic (exact) mass is 281 g/mol. The van der Waals surface area contributed by atoms with E-state index in [1.807, 2.05) is 6.92 Å². The average molecular weight is 281 g/mol. The molecule has 1 fully saturated rings. The predicted octanol–water partition coefficient (Wildman–Crippen LogP) is 1.71. The molecule has 19 heavy (non-hydrogen) atoms. The van der Waals surface area contributed by atoms with Gasteiger partial charge in [0.1, 0.15) is 0 Å². The molecule has 1 atom stereocenters. The van der Waals surface area contributed by atoms with Crippen molar-refractivity contribution in [3.05, 3.63) is 28.0 Å². The number of amides is 1. The van der Waals surface area contributed by atoms with Gasteiger partial charge in [0, 0.05) is 24.0 Å². The molecule has 102 valence electrons. The molecule has 0 aliphatic carbocycles. The van der Waals surface area contributed by atoms with Gasteiger partial charge in [-0.15, -0.1) is 11.3 Å². The minimum absolute atomic E-state index is 0.0184. The summed E-state index contributed by atoms with van der Waals surface area (Å²) in [6.07, 6.45) is 2.62. The van der Waals surface area contributed by atoms with E-state index in [0.717, 1.165) is 11.0 Å². The van der Waals surface area contributed by atoms with Gasteiger partial charge >= 0.3 is 5.97 Å². The Labute approximate surface area is 115 Å². The van der Waals surface area contributed by atoms with E-state index < -0.39 is 5.97 Å². The number of ether oxygens (including phenoxy) is 1. The van der Waals surface area contributed by atoms with Crippen molar-refractivity contribution in [2.24, 2.45) is 0 Å². The molecule has 5 nitrogen and oxygen atoms in total. The van der Waals surface area contributed by atoms with E-state index in [1.54, 1.807) is 17.0 Å². The highest BCUT2D eigenvalue weighted by molar-refractivity contribution is 7.14. The van der Waals surface area contributed by atoms with Gasteiger partial charge in [-0.2, -0.15) is 0 Å². The maximum absolute atomic E-state index is 12.2. The summed E-state index contributed by atoms with van der Waals surface area (Å²) in [5, 5.41) is 8.55. The Morgan fingerprint density at radius 2 is 2.32 bits per heavy atom. The normalized spacial score (nSPS) is 19.8. The van der Waals surface area contributed by atoms with Gasteiger partial charge in [0.15, 0.2) is 0 Å². The molecule has 1 amide bonds. The van der Waals surface area contributed by atoms with Crippen LogP contribution in [0.3, 0.4) is 0 Å². The van der Waals surface area contributed by atoms with Gasteiger partial charge in [0.2, 0.25) is 0 Å². The number of carbonyl (C=O) groups excluding carboxylic acids is 1. The highest BCUT2D eigenvalue weighted by atomic mass is 32.1. The van der Waals surface area contributed by atoms with E-state index in [0.29, 0.717) is 24.6 Å². The van der Waals surface area contributed by atoms with Crippen LogP contribution in [0.15, 0.2) is 18.2 Å². The van der Waals surface area contributed by atoms with Crippen molar-refractivity contribution in [1.29, 1.82) is 0 Å². The van der Waals surface area contributed by atoms with Crippen LogP contribution < -0.4 is 0 Å². The topological polar surface area (TPSA) is 66.8 Å². The highest BCUT2D eigenvalue weighted by Crippen LogP contribution is 2.20. The summed E-state index contributed by atoms with van der Waals surface area (Å²) in [6.45, 7) is 3.69. The zero-order chi connectivity index (χ0) is 13.8. The molecule has 2 heterocycles. The van der Waals surface area contributed by atoms with E-state index in [2.05, 4.69) is 0 Å². The lowest BCUT2D eigenvalue weighted by molar-refractivity contribution is -0.131. The van der Waals surface area contributed by atoms with Crippen LogP contribution in [0.2, 0.25) is 0 Å². The van der Waals surface area contributed by atoms with Crippen molar-refractivity contribution < 1.29 is 19.4 Å². The maximum Gasteiger partial charge on any atom is 0.328 e. The van der Waals surface area contributed by atoms with E-state index in [4.69, 9.17) is 9.84 Å². The molecular weight excluding hydrogens is 266 g/mol. The summed E-state index contributed by atoms with van der Waals surface area (Å²) in [5.74, 6) is -1.02. The number of nitrogens with zero attached hydrogens (tertiary/aromatic N) is 1. The highest BCUT2D eigenvalue weighted by Gasteiger charge is 2.23. The molecule has 6 heteroatoms. The second-order valence-electron chi connectivity index (χ2n) is 4.31. The van der Waals surface area contributed by atoms with Crippen molar-refractivity contribution >= 4 is 29.3 Å². The Hall–Kier alpha value is -1.66. The molecule has 1 unspecified atom stereocenters. The fraction of sp³-hybridized carbons (Fsp3) is 0.385. The third-order valence-corrected chi connectivity index (χ3v) is 3.79. The first kappa shape index (κ1) is 13.8. The van der Waals surface area contributed by atoms with Crippen molar-refractivity contribution in [3.63, 3.8) is 0 Å². The zero-order valence-electron chi connectivity index (χ0n) is 10.5. The van der Waals surface area contributed by atoms with Crippen LogP contribution in [0.4, 0.5) is 0 Å². The Kier molecular flexibility index (Phi) is 4.34. The van der Waals surface area contributed by atoms with Gasteiger partial charge in [-0.05, 0) is 25.1 Å². The molecule has 0 spiro atoms. The molecule has 1 aliphatic heterocycles. The lowest BCUT2D eigenvalue weighted by Crippen LogP contribution is -2.44. The predicted molar refractivity (Wildman–Crippen MR) is 72.3 cm³/mol. The molecule has 2 rings (SSSR count). The summed E-state index contributed by atoms with van der Waals surface area (Å²) in [6, 6.07) is 3.48. The van der Waals surface area contributed by atoms with E-state index in [-0.39, 0.29) is 12.0 Å². The van der Waals surface area contributed by atoms with Gasteiger partial charge in [-0.25, -0.2) is 4.79 Å². The number of aliphatic carboxylic acids is 1. The van der Waals surface area contributed by atoms with Crippen molar-refractivity contribution in [2.45, 2.75) is 13.0 Å². The minimum Gasteiger partial charge on any atom is -0.478 e. The molecule has 1 aliphatic rings. The number of thiophene rings is 1. The number of carbonyl (C=O) groups is 2. The number of carboxylic acids is 1. The van der Waals surface area contributed by atoms with Crippen molar-refractivity contribution in [1.82, 2.24) is 4.90 Å². The van der Waals surface area contributed by atoms with Crippen LogP contribution >= 0.6 is 11.3 Å². The summed E-state index contributed by atoms with van der Waals surface area (Å²) in [7, 11) is 0. The van der Waals surface area contributed by atoms with Gasteiger partial charge in [-0.1, -0.05) is 0 Å². The smallest absolute Gasteiger partial charge is 0.328 e. The van der Waals surface area contributed by atoms with Crippen LogP contribution in [0.5, 0.6) is 0 Å². The molecule has 0 bridgehead atoms. The Morgan fingerprint density at radius 1 is 1.53 bits per heavy atom. The Balaban J connectivity index is 2.05. The molecule has 0 aromatic carbocycles. The lowest BCUT2D eigenvalue weighted by atomic mass is 10.3. The lowest BCUT2D eigenvalue weighted by Gasteiger charge is -2.30. The number of carboxylic acid groups (broad SMARTS) is 1. The molecular formula is C13H15NO4S. The van der Waals surface area contributed by atoms with Gasteiger partial charge in [0.25, 0.3) is 5.91 Å². The fourth-order valence-corrected chi connectivity index (χ4v) is 2.75. The Morgan fingerprint density at radius 3 is 3.00 bits per heavy atom. The number of hydrogen-bond acceptors (Lipinski definition) is 4. The summed E-state index contributed by atoms with van der Waals surface area (Å²) in [5.41, 5.74) is 0. The quantitative estimate of drug-likeness (QED) is 0.856. The molecule has 0 radical (unpaired) electrons. The van der Waals surface area contributed by atoms with Gasteiger partial charge in [0.05, 0.1) is 17.6 Å². The minimum atomic E-state index is -0.997. The number of hydrogen-bond donors (Lipinski definition) is 1. The molecule has 1 aromatic heterocycles. The first-order valence-corrected chi connectivity index (χ1v) is 6.79. The van der Waals surface area contributed by atoms with Crippen LogP contribution in [0, 0.1) is 0 Å². The Bertz CT molecular complexity index is 508. The molecule has 1 saturated heterocycles. The first-order chi connectivity index (χ1) is 9.06. The first-order valence-electron chi connectivity index (χ1n) is 5.98. The van der Waals surface area contributed by atoms with E-state index in [1.165, 1.54) is 17.4 Å². The second kappa shape index (κ2) is 5.99. The number of morpholine rings is 1. The SMILES string of the molecule is CC1CN(C(=O)c2ccc(/C=C/C(=O)O)s2)CCO1. The van der Waals surface area contributed by atoms with E-state index in [9.17, 15) is 9.59 Å².